The van der Waals surface area contributed by atoms with Gasteiger partial charge in [0.1, 0.15) is 0 Å². The van der Waals surface area contributed by atoms with E-state index < -0.39 is 0 Å². The normalized spacial score (nSPS) is 27.9. The van der Waals surface area contributed by atoms with E-state index in [9.17, 15) is 9.90 Å². The summed E-state index contributed by atoms with van der Waals surface area (Å²) in [6.07, 6.45) is 3.43. The number of carbonyl (C=O) groups excluding carboxylic acids is 1. The van der Waals surface area contributed by atoms with E-state index >= 15 is 0 Å². The molecular formula is C15H22N2O4. The lowest BCUT2D eigenvalue weighted by Crippen LogP contribution is -2.41. The van der Waals surface area contributed by atoms with Gasteiger partial charge in [-0.25, -0.2) is 0 Å². The molecule has 0 radical (unpaired) electrons. The Balaban J connectivity index is 1.55. The van der Waals surface area contributed by atoms with Gasteiger partial charge in [0.05, 0.1) is 11.8 Å². The maximum Gasteiger partial charge on any atom is 0.289 e. The van der Waals surface area contributed by atoms with Crippen molar-refractivity contribution < 1.29 is 19.2 Å². The number of amides is 1. The topological polar surface area (TPSA) is 84.6 Å². The Morgan fingerprint density at radius 1 is 1.48 bits per heavy atom. The van der Waals surface area contributed by atoms with E-state index in [2.05, 4.69) is 10.5 Å². The molecule has 1 aromatic rings. The minimum atomic E-state index is -0.363. The predicted octanol–water partition coefficient (Wildman–Crippen LogP) is 1.28. The van der Waals surface area contributed by atoms with Crippen LogP contribution in [0.3, 0.4) is 0 Å². The van der Waals surface area contributed by atoms with Crippen LogP contribution < -0.4 is 5.32 Å². The number of hydrogen-bond donors (Lipinski definition) is 2. The Bertz CT molecular complexity index is 508. The van der Waals surface area contributed by atoms with E-state index in [-0.39, 0.29) is 29.1 Å². The fourth-order valence-corrected chi connectivity index (χ4v) is 3.60. The second-order valence-corrected chi connectivity index (χ2v) is 6.26. The van der Waals surface area contributed by atoms with E-state index in [1.54, 1.807) is 13.0 Å². The molecule has 3 rings (SSSR count). The number of carbonyl (C=O) groups is 1. The van der Waals surface area contributed by atoms with Gasteiger partial charge >= 0.3 is 0 Å². The van der Waals surface area contributed by atoms with Crippen LogP contribution in [0.1, 0.15) is 41.9 Å². The second-order valence-electron chi connectivity index (χ2n) is 6.26. The summed E-state index contributed by atoms with van der Waals surface area (Å²) in [5.41, 5.74) is 0.679. The van der Waals surface area contributed by atoms with Gasteiger partial charge in [-0.3, -0.25) is 4.79 Å². The quantitative estimate of drug-likeness (QED) is 0.877. The average Bonchev–Trinajstić information content (AvgIpc) is 3.05. The molecule has 2 N–H and O–H groups in total. The lowest BCUT2D eigenvalue weighted by atomic mass is 9.76. The van der Waals surface area contributed by atoms with Crippen LogP contribution in [-0.4, -0.2) is 42.0 Å². The molecule has 0 unspecified atom stereocenters. The molecule has 1 spiro atoms. The van der Waals surface area contributed by atoms with Crippen LogP contribution in [0, 0.1) is 18.3 Å². The van der Waals surface area contributed by atoms with Crippen molar-refractivity contribution in [3.63, 3.8) is 0 Å². The molecule has 2 aliphatic rings. The summed E-state index contributed by atoms with van der Waals surface area (Å²) in [5, 5.41) is 17.2. The van der Waals surface area contributed by atoms with Crippen molar-refractivity contribution in [3.05, 3.63) is 17.5 Å². The van der Waals surface area contributed by atoms with Gasteiger partial charge in [0.2, 0.25) is 5.76 Å². The van der Waals surface area contributed by atoms with Crippen LogP contribution in [0.25, 0.3) is 0 Å². The minimum absolute atomic E-state index is 0.00350. The first-order valence-corrected chi connectivity index (χ1v) is 7.58. The fourth-order valence-electron chi connectivity index (χ4n) is 3.60. The van der Waals surface area contributed by atoms with E-state index in [4.69, 9.17) is 9.26 Å². The number of aryl methyl sites for hydroxylation is 1. The summed E-state index contributed by atoms with van der Waals surface area (Å²) >= 11 is 0. The molecular weight excluding hydrogens is 272 g/mol. The predicted molar refractivity (Wildman–Crippen MR) is 74.8 cm³/mol. The first-order chi connectivity index (χ1) is 10.1. The lowest BCUT2D eigenvalue weighted by Gasteiger charge is -2.37. The Labute approximate surface area is 123 Å². The second kappa shape index (κ2) is 5.77. The summed E-state index contributed by atoms with van der Waals surface area (Å²) in [5.74, 6) is 0.0626. The molecule has 1 aliphatic heterocycles. The van der Waals surface area contributed by atoms with Crippen molar-refractivity contribution in [2.24, 2.45) is 11.3 Å². The van der Waals surface area contributed by atoms with Gasteiger partial charge in [-0.1, -0.05) is 5.16 Å². The smallest absolute Gasteiger partial charge is 0.289 e. The maximum absolute atomic E-state index is 11.9. The molecule has 0 aromatic carbocycles. The summed E-state index contributed by atoms with van der Waals surface area (Å²) in [6.45, 7) is 3.71. The number of aliphatic hydroxyl groups is 1. The number of ether oxygens (including phenoxy) is 1. The Morgan fingerprint density at radius 2 is 2.24 bits per heavy atom. The Morgan fingerprint density at radius 3 is 2.90 bits per heavy atom. The van der Waals surface area contributed by atoms with Gasteiger partial charge in [0, 0.05) is 37.2 Å². The molecule has 21 heavy (non-hydrogen) atoms. The van der Waals surface area contributed by atoms with Gasteiger partial charge in [-0.2, -0.15) is 0 Å². The highest BCUT2D eigenvalue weighted by Gasteiger charge is 2.48. The molecule has 1 aliphatic carbocycles. The highest BCUT2D eigenvalue weighted by Crippen LogP contribution is 2.48. The molecule has 0 bridgehead atoms. The van der Waals surface area contributed by atoms with Crippen molar-refractivity contribution in [3.8, 4) is 0 Å². The first kappa shape index (κ1) is 14.5. The van der Waals surface area contributed by atoms with Crippen LogP contribution in [0.5, 0.6) is 0 Å². The highest BCUT2D eigenvalue weighted by molar-refractivity contribution is 5.91. The van der Waals surface area contributed by atoms with E-state index in [0.29, 0.717) is 12.2 Å². The summed E-state index contributed by atoms with van der Waals surface area (Å²) in [4.78, 5) is 11.9. The molecule has 2 fully saturated rings. The van der Waals surface area contributed by atoms with Crippen LogP contribution in [0.4, 0.5) is 0 Å². The van der Waals surface area contributed by atoms with E-state index in [1.165, 1.54) is 0 Å². The summed E-state index contributed by atoms with van der Waals surface area (Å²) in [7, 11) is 0. The van der Waals surface area contributed by atoms with Crippen molar-refractivity contribution in [1.29, 1.82) is 0 Å². The highest BCUT2D eigenvalue weighted by atomic mass is 16.5. The third-order valence-electron chi connectivity index (χ3n) is 4.95. The molecule has 1 amide bonds. The van der Waals surface area contributed by atoms with Gasteiger partial charge in [0.25, 0.3) is 5.91 Å². The standard InChI is InChI=1S/C15H22N2O4/c1-10-8-12(21-17-10)14(19)16-9-11-2-3-15(13(11)18)4-6-20-7-5-15/h8,11,13,18H,2-7,9H2,1H3,(H,16,19)/t11-,13+/m0/s1. The SMILES string of the molecule is Cc1cc(C(=O)NC[C@@H]2CCC3(CCOCC3)[C@@H]2O)on1. The molecule has 1 saturated heterocycles. The monoisotopic (exact) mass is 294 g/mol. The maximum atomic E-state index is 11.9. The van der Waals surface area contributed by atoms with Gasteiger partial charge in [-0.05, 0) is 32.6 Å². The van der Waals surface area contributed by atoms with Crippen LogP contribution >= 0.6 is 0 Å². The van der Waals surface area contributed by atoms with Crippen LogP contribution in [0.15, 0.2) is 10.6 Å². The molecule has 1 saturated carbocycles. The molecule has 1 aromatic heterocycles. The van der Waals surface area contributed by atoms with Crippen molar-refractivity contribution >= 4 is 5.91 Å². The Kier molecular flexibility index (Phi) is 3.99. The third kappa shape index (κ3) is 2.82. The van der Waals surface area contributed by atoms with Gasteiger partial charge in [0.15, 0.2) is 0 Å². The zero-order chi connectivity index (χ0) is 14.9. The largest absolute Gasteiger partial charge is 0.392 e. The average molecular weight is 294 g/mol. The van der Waals surface area contributed by atoms with Gasteiger partial charge in [-0.15, -0.1) is 0 Å². The molecule has 6 nitrogen and oxygen atoms in total. The Hall–Kier alpha value is -1.40. The van der Waals surface area contributed by atoms with Crippen molar-refractivity contribution in [2.75, 3.05) is 19.8 Å². The van der Waals surface area contributed by atoms with Gasteiger partial charge < -0.3 is 19.7 Å². The minimum Gasteiger partial charge on any atom is -0.392 e. The number of hydrogen-bond acceptors (Lipinski definition) is 5. The fraction of sp³-hybridized carbons (Fsp3) is 0.733. The molecule has 116 valence electrons. The van der Waals surface area contributed by atoms with Crippen molar-refractivity contribution in [1.82, 2.24) is 10.5 Å². The number of rotatable bonds is 3. The van der Waals surface area contributed by atoms with Crippen molar-refractivity contribution in [2.45, 2.75) is 38.7 Å². The first-order valence-electron chi connectivity index (χ1n) is 7.58. The number of aromatic nitrogens is 1. The zero-order valence-corrected chi connectivity index (χ0v) is 12.3. The molecule has 6 heteroatoms. The third-order valence-corrected chi connectivity index (χ3v) is 4.95. The number of aliphatic hydroxyl groups excluding tert-OH is 1. The lowest BCUT2D eigenvalue weighted by molar-refractivity contribution is -0.0555. The molecule has 2 heterocycles. The number of nitrogens with zero attached hydrogens (tertiary/aromatic N) is 1. The summed E-state index contributed by atoms with van der Waals surface area (Å²) < 4.78 is 10.3. The van der Waals surface area contributed by atoms with E-state index in [1.807, 2.05) is 0 Å². The zero-order valence-electron chi connectivity index (χ0n) is 12.3. The number of nitrogens with one attached hydrogen (secondary N) is 1. The van der Waals surface area contributed by atoms with Crippen LogP contribution in [0.2, 0.25) is 0 Å². The molecule has 2 atom stereocenters. The van der Waals surface area contributed by atoms with Crippen LogP contribution in [-0.2, 0) is 4.74 Å². The van der Waals surface area contributed by atoms with E-state index in [0.717, 1.165) is 38.9 Å². The summed E-state index contributed by atoms with van der Waals surface area (Å²) in [6, 6.07) is 1.61.